The number of piperidine rings is 1. The summed E-state index contributed by atoms with van der Waals surface area (Å²) in [6.07, 6.45) is 4.73. The second-order valence-electron chi connectivity index (χ2n) is 9.34. The first-order valence-corrected chi connectivity index (χ1v) is 9.63. The first-order chi connectivity index (χ1) is 11.3. The van der Waals surface area contributed by atoms with Crippen LogP contribution >= 0.6 is 0 Å². The smallest absolute Gasteiger partial charge is 0.228 e. The van der Waals surface area contributed by atoms with Crippen LogP contribution in [0.5, 0.6) is 0 Å². The summed E-state index contributed by atoms with van der Waals surface area (Å²) in [6.45, 7) is 7.09. The highest BCUT2D eigenvalue weighted by atomic mass is 16.5. The van der Waals surface area contributed by atoms with Crippen molar-refractivity contribution < 1.29 is 9.53 Å². The van der Waals surface area contributed by atoms with Crippen LogP contribution in [0.1, 0.15) is 32.6 Å². The molecular formula is C19H33N3O2. The van der Waals surface area contributed by atoms with Gasteiger partial charge in [-0.1, -0.05) is 6.92 Å². The lowest BCUT2D eigenvalue weighted by atomic mass is 9.73. The Morgan fingerprint density at radius 2 is 1.96 bits per heavy atom. The van der Waals surface area contributed by atoms with Gasteiger partial charge in [-0.15, -0.1) is 0 Å². The predicted molar refractivity (Wildman–Crippen MR) is 93.8 cm³/mol. The predicted octanol–water partition coefficient (Wildman–Crippen LogP) is 1.29. The fourth-order valence-corrected chi connectivity index (χ4v) is 5.72. The van der Waals surface area contributed by atoms with Crippen molar-refractivity contribution in [3.05, 3.63) is 0 Å². The maximum Gasteiger partial charge on any atom is 0.228 e. The second-order valence-corrected chi connectivity index (χ2v) is 9.34. The molecule has 24 heavy (non-hydrogen) atoms. The average Bonchev–Trinajstić information content (AvgIpc) is 3.19. The highest BCUT2D eigenvalue weighted by Gasteiger charge is 2.64. The van der Waals surface area contributed by atoms with Crippen molar-refractivity contribution >= 4 is 5.91 Å². The van der Waals surface area contributed by atoms with Crippen LogP contribution in [0.2, 0.25) is 0 Å². The zero-order chi connectivity index (χ0) is 17.1. The van der Waals surface area contributed by atoms with Gasteiger partial charge < -0.3 is 19.4 Å². The van der Waals surface area contributed by atoms with Crippen LogP contribution in [0, 0.1) is 17.3 Å². The number of likely N-dealkylation sites (tertiary alicyclic amines) is 2. The molecule has 4 heterocycles. The molecule has 1 spiro atoms. The molecule has 0 unspecified atom stereocenters. The molecule has 4 rings (SSSR count). The Balaban J connectivity index is 1.49. The highest BCUT2D eigenvalue weighted by molar-refractivity contribution is 5.83. The second kappa shape index (κ2) is 5.68. The maximum atomic E-state index is 13.3. The van der Waals surface area contributed by atoms with Crippen molar-refractivity contribution in [1.29, 1.82) is 0 Å². The number of carbonyl (C=O) groups excluding carboxylic acids is 1. The van der Waals surface area contributed by atoms with Crippen molar-refractivity contribution in [3.63, 3.8) is 0 Å². The third-order valence-corrected chi connectivity index (χ3v) is 7.25. The number of rotatable bonds is 3. The van der Waals surface area contributed by atoms with Gasteiger partial charge in [0.2, 0.25) is 5.91 Å². The van der Waals surface area contributed by atoms with Gasteiger partial charge in [0, 0.05) is 30.3 Å². The Bertz CT molecular complexity index is 515. The minimum Gasteiger partial charge on any atom is -0.369 e. The zero-order valence-corrected chi connectivity index (χ0v) is 15.8. The topological polar surface area (TPSA) is 36.0 Å². The van der Waals surface area contributed by atoms with E-state index in [2.05, 4.69) is 42.8 Å². The van der Waals surface area contributed by atoms with E-state index in [1.165, 1.54) is 6.42 Å². The molecule has 5 heteroatoms. The third-order valence-electron chi connectivity index (χ3n) is 7.25. The Morgan fingerprint density at radius 1 is 1.25 bits per heavy atom. The van der Waals surface area contributed by atoms with Crippen LogP contribution in [0.15, 0.2) is 0 Å². The zero-order valence-electron chi connectivity index (χ0n) is 15.8. The van der Waals surface area contributed by atoms with Gasteiger partial charge in [-0.25, -0.2) is 0 Å². The monoisotopic (exact) mass is 335 g/mol. The maximum absolute atomic E-state index is 13.3. The first kappa shape index (κ1) is 16.8. The average molecular weight is 335 g/mol. The van der Waals surface area contributed by atoms with Crippen molar-refractivity contribution in [3.8, 4) is 0 Å². The Hall–Kier alpha value is -0.650. The molecule has 0 aromatic rings. The summed E-state index contributed by atoms with van der Waals surface area (Å²) in [5.41, 5.74) is -0.195. The van der Waals surface area contributed by atoms with Crippen LogP contribution < -0.4 is 0 Å². The molecule has 0 aliphatic carbocycles. The summed E-state index contributed by atoms with van der Waals surface area (Å²) in [4.78, 5) is 20.1. The number of carbonyl (C=O) groups is 1. The molecule has 1 amide bonds. The summed E-state index contributed by atoms with van der Waals surface area (Å²) >= 11 is 0. The van der Waals surface area contributed by atoms with E-state index in [1.54, 1.807) is 0 Å². The Kier molecular flexibility index (Phi) is 3.98. The lowest BCUT2D eigenvalue weighted by Crippen LogP contribution is -2.48. The normalized spacial score (nSPS) is 41.2. The molecule has 4 fully saturated rings. The third kappa shape index (κ3) is 2.51. The summed E-state index contributed by atoms with van der Waals surface area (Å²) in [6, 6.07) is 0. The van der Waals surface area contributed by atoms with Crippen LogP contribution in [0.3, 0.4) is 0 Å². The largest absolute Gasteiger partial charge is 0.369 e. The highest BCUT2D eigenvalue weighted by Crippen LogP contribution is 2.55. The molecule has 136 valence electrons. The molecule has 4 aliphatic rings. The number of hydrogen-bond acceptors (Lipinski definition) is 4. The van der Waals surface area contributed by atoms with Crippen LogP contribution in [0.4, 0.5) is 0 Å². The minimum atomic E-state index is -0.170. The van der Waals surface area contributed by atoms with Gasteiger partial charge in [0.25, 0.3) is 0 Å². The minimum absolute atomic E-state index is 0.0250. The van der Waals surface area contributed by atoms with Gasteiger partial charge in [-0.2, -0.15) is 0 Å². The summed E-state index contributed by atoms with van der Waals surface area (Å²) in [7, 11) is 6.45. The number of fused-ring (bicyclic) bond motifs is 1. The number of nitrogens with zero attached hydrogens (tertiary/aromatic N) is 3. The molecule has 0 radical (unpaired) electrons. The van der Waals surface area contributed by atoms with E-state index in [1.807, 2.05) is 0 Å². The molecule has 0 saturated carbocycles. The molecular weight excluding hydrogens is 302 g/mol. The summed E-state index contributed by atoms with van der Waals surface area (Å²) in [5, 5.41) is 0. The molecule has 4 saturated heterocycles. The fourth-order valence-electron chi connectivity index (χ4n) is 5.72. The van der Waals surface area contributed by atoms with Gasteiger partial charge >= 0.3 is 0 Å². The van der Waals surface area contributed by atoms with Crippen LogP contribution in [0.25, 0.3) is 0 Å². The van der Waals surface area contributed by atoms with E-state index < -0.39 is 0 Å². The molecule has 0 aromatic carbocycles. The molecule has 0 aromatic heterocycles. The fraction of sp³-hybridized carbons (Fsp3) is 0.947. The van der Waals surface area contributed by atoms with Gasteiger partial charge in [0.15, 0.2) is 0 Å². The molecule has 0 N–H and O–H groups in total. The standard InChI is InChI=1S/C19H33N3O2/c1-18(7-9-21(4)10-8-18)17(23)22-12-15-14(11-20(2)3)16-5-6-19(15,13-22)24-16/h14-16H,5-13H2,1-4H3/t14-,15+,16+,19+/m0/s1. The number of hydrogen-bond donors (Lipinski definition) is 0. The van der Waals surface area contributed by atoms with Gasteiger partial charge in [0.1, 0.15) is 0 Å². The Morgan fingerprint density at radius 3 is 2.62 bits per heavy atom. The number of ether oxygens (including phenoxy) is 1. The van der Waals surface area contributed by atoms with Gasteiger partial charge in [-0.05, 0) is 59.9 Å². The van der Waals surface area contributed by atoms with Crippen LogP contribution in [-0.2, 0) is 9.53 Å². The van der Waals surface area contributed by atoms with Gasteiger partial charge in [0.05, 0.1) is 18.2 Å². The summed E-state index contributed by atoms with van der Waals surface area (Å²) < 4.78 is 6.49. The summed E-state index contributed by atoms with van der Waals surface area (Å²) in [5.74, 6) is 1.52. The Labute approximate surface area is 146 Å². The lowest BCUT2D eigenvalue weighted by molar-refractivity contribution is -0.144. The van der Waals surface area contributed by atoms with Crippen LogP contribution in [-0.4, -0.2) is 86.2 Å². The first-order valence-electron chi connectivity index (χ1n) is 9.63. The van der Waals surface area contributed by atoms with Crippen molar-refractivity contribution in [2.45, 2.75) is 44.3 Å². The molecule has 2 bridgehead atoms. The van der Waals surface area contributed by atoms with E-state index >= 15 is 0 Å². The molecule has 5 nitrogen and oxygen atoms in total. The van der Waals surface area contributed by atoms with Crippen molar-refractivity contribution in [2.75, 3.05) is 53.9 Å². The van der Waals surface area contributed by atoms with Gasteiger partial charge in [-0.3, -0.25) is 4.79 Å². The van der Waals surface area contributed by atoms with Crippen molar-refractivity contribution in [2.24, 2.45) is 17.3 Å². The quantitative estimate of drug-likeness (QED) is 0.779. The van der Waals surface area contributed by atoms with Crippen molar-refractivity contribution in [1.82, 2.24) is 14.7 Å². The van der Waals surface area contributed by atoms with E-state index in [-0.39, 0.29) is 11.0 Å². The van der Waals surface area contributed by atoms with E-state index in [0.717, 1.165) is 52.0 Å². The molecule has 4 aliphatic heterocycles. The van der Waals surface area contributed by atoms with E-state index in [4.69, 9.17) is 4.74 Å². The SMILES string of the molecule is CN(C)C[C@H]1[C@H]2CN(C(=O)C3(C)CCN(C)CC3)C[C@]23CC[C@H]1O3. The molecule has 4 atom stereocenters. The van der Waals surface area contributed by atoms with E-state index in [0.29, 0.717) is 23.8 Å². The number of amides is 1. The van der Waals surface area contributed by atoms with E-state index in [9.17, 15) is 4.79 Å². The lowest BCUT2D eigenvalue weighted by Gasteiger charge is -2.39.